The van der Waals surface area contributed by atoms with E-state index in [9.17, 15) is 14.9 Å². The van der Waals surface area contributed by atoms with Crippen molar-refractivity contribution in [1.82, 2.24) is 4.90 Å². The normalized spacial score (nSPS) is 15.7. The summed E-state index contributed by atoms with van der Waals surface area (Å²) < 4.78 is 17.8. The molecule has 0 N–H and O–H groups in total. The number of carbonyl (C=O) groups excluding carboxylic acids is 1. The van der Waals surface area contributed by atoms with E-state index >= 15 is 0 Å². The first kappa shape index (κ1) is 28.1. The zero-order valence-electron chi connectivity index (χ0n) is 23.7. The first-order valence-corrected chi connectivity index (χ1v) is 14.1. The minimum absolute atomic E-state index is 0.0478. The molecule has 0 aromatic heterocycles. The highest BCUT2D eigenvalue weighted by Gasteiger charge is 2.32. The maximum atomic E-state index is 13.0. The molecule has 9 nitrogen and oxygen atoms in total. The molecule has 1 saturated heterocycles. The number of nitrogens with zero attached hydrogens (tertiary/aromatic N) is 3. The van der Waals surface area contributed by atoms with Crippen molar-refractivity contribution < 1.29 is 23.9 Å². The van der Waals surface area contributed by atoms with Crippen LogP contribution in [0.5, 0.6) is 23.0 Å². The van der Waals surface area contributed by atoms with E-state index in [0.29, 0.717) is 36.0 Å². The highest BCUT2D eigenvalue weighted by atomic mass is 16.6. The molecule has 0 bridgehead atoms. The molecule has 2 heterocycles. The van der Waals surface area contributed by atoms with Crippen molar-refractivity contribution in [1.29, 1.82) is 0 Å². The summed E-state index contributed by atoms with van der Waals surface area (Å²) in [5, 5.41) is 11.5. The molecule has 1 amide bonds. The summed E-state index contributed by atoms with van der Waals surface area (Å²) in [5.74, 6) is 1.99. The van der Waals surface area contributed by atoms with E-state index in [-0.39, 0.29) is 23.4 Å². The minimum Gasteiger partial charge on any atom is -0.493 e. The number of hydrogen-bond acceptors (Lipinski definition) is 7. The van der Waals surface area contributed by atoms with Crippen molar-refractivity contribution >= 4 is 23.5 Å². The van der Waals surface area contributed by atoms with Crippen molar-refractivity contribution in [3.63, 3.8) is 0 Å². The Bertz CT molecular complexity index is 1480. The van der Waals surface area contributed by atoms with E-state index in [4.69, 9.17) is 14.2 Å². The van der Waals surface area contributed by atoms with Gasteiger partial charge in [0.25, 0.3) is 5.91 Å². The second-order valence-corrected chi connectivity index (χ2v) is 10.6. The van der Waals surface area contributed by atoms with Gasteiger partial charge in [0, 0.05) is 31.0 Å². The van der Waals surface area contributed by atoms with Gasteiger partial charge in [0.15, 0.2) is 0 Å². The molecular weight excluding hydrogens is 522 g/mol. The van der Waals surface area contributed by atoms with E-state index in [1.165, 1.54) is 6.07 Å². The average molecular weight is 558 g/mol. The van der Waals surface area contributed by atoms with Crippen LogP contribution in [0, 0.1) is 30.9 Å². The lowest BCUT2D eigenvalue weighted by molar-refractivity contribution is -0.385. The topological polar surface area (TPSA) is 104 Å². The number of fused-ring (bicyclic) bond motifs is 2. The van der Waals surface area contributed by atoms with Gasteiger partial charge >= 0.3 is 5.69 Å². The van der Waals surface area contributed by atoms with Gasteiger partial charge in [0.1, 0.15) is 17.2 Å². The maximum Gasteiger partial charge on any atom is 0.311 e. The molecular formula is C32H35N3O6. The predicted molar refractivity (Wildman–Crippen MR) is 157 cm³/mol. The van der Waals surface area contributed by atoms with Gasteiger partial charge in [-0.15, -0.1) is 0 Å². The van der Waals surface area contributed by atoms with E-state index in [0.717, 1.165) is 61.1 Å². The highest BCUT2D eigenvalue weighted by molar-refractivity contribution is 6.03. The van der Waals surface area contributed by atoms with Crippen LogP contribution in [0.15, 0.2) is 53.5 Å². The Morgan fingerprint density at radius 2 is 1.68 bits per heavy atom. The van der Waals surface area contributed by atoms with Crippen molar-refractivity contribution in [2.45, 2.75) is 58.9 Å². The Hall–Kier alpha value is -4.40. The minimum atomic E-state index is -0.459. The number of nitro groups is 1. The fourth-order valence-corrected chi connectivity index (χ4v) is 5.11. The van der Waals surface area contributed by atoms with Gasteiger partial charge in [-0.2, -0.15) is 0 Å². The zero-order valence-corrected chi connectivity index (χ0v) is 23.7. The number of nitro benzene ring substituents is 1. The number of rotatable bonds is 11. The molecule has 2 aliphatic rings. The van der Waals surface area contributed by atoms with E-state index < -0.39 is 4.92 Å². The van der Waals surface area contributed by atoms with Crippen LogP contribution in [-0.2, 0) is 0 Å². The number of carbonyl (C=O) groups is 1. The lowest BCUT2D eigenvalue weighted by Crippen LogP contribution is -2.35. The third kappa shape index (κ3) is 6.51. The Kier molecular flexibility index (Phi) is 8.52. The second-order valence-electron chi connectivity index (χ2n) is 10.6. The van der Waals surface area contributed by atoms with Crippen molar-refractivity contribution in [3.8, 4) is 23.0 Å². The first-order valence-electron chi connectivity index (χ1n) is 14.1. The van der Waals surface area contributed by atoms with Crippen LogP contribution in [0.25, 0.3) is 0 Å². The molecule has 0 aliphatic carbocycles. The molecule has 3 aromatic carbocycles. The summed E-state index contributed by atoms with van der Waals surface area (Å²) in [6, 6.07) is 14.0. The van der Waals surface area contributed by atoms with Crippen LogP contribution in [0.3, 0.4) is 0 Å². The van der Waals surface area contributed by atoms with Gasteiger partial charge in [0.05, 0.1) is 35.4 Å². The summed E-state index contributed by atoms with van der Waals surface area (Å²) in [5.41, 5.74) is 4.28. The fraction of sp³-hybridized carbons (Fsp3) is 0.375. The molecule has 41 heavy (non-hydrogen) atoms. The molecule has 1 fully saturated rings. The van der Waals surface area contributed by atoms with Gasteiger partial charge in [-0.25, -0.2) is 0 Å². The molecule has 9 heteroatoms. The number of unbranched alkanes of at least 4 members (excludes halogenated alkanes) is 2. The third-order valence-electron chi connectivity index (χ3n) is 7.62. The second kappa shape index (κ2) is 12.4. The van der Waals surface area contributed by atoms with Gasteiger partial charge in [0.2, 0.25) is 5.75 Å². The molecule has 3 aromatic rings. The monoisotopic (exact) mass is 557 g/mol. The first-order chi connectivity index (χ1) is 19.8. The average Bonchev–Trinajstić information content (AvgIpc) is 3.38. The molecule has 1 atom stereocenters. The zero-order chi connectivity index (χ0) is 28.9. The number of aliphatic imine (C=N–C) groups is 1. The van der Waals surface area contributed by atoms with Crippen molar-refractivity contribution in [3.05, 3.63) is 80.9 Å². The summed E-state index contributed by atoms with van der Waals surface area (Å²) in [6.07, 6.45) is 6.38. The summed E-state index contributed by atoms with van der Waals surface area (Å²) in [4.78, 5) is 30.5. The van der Waals surface area contributed by atoms with Gasteiger partial charge in [-0.05, 0) is 93.8 Å². The van der Waals surface area contributed by atoms with Crippen LogP contribution in [0.2, 0.25) is 0 Å². The quantitative estimate of drug-likeness (QED) is 0.140. The van der Waals surface area contributed by atoms with Gasteiger partial charge in [-0.3, -0.25) is 19.9 Å². The lowest BCUT2D eigenvalue weighted by Gasteiger charge is -2.20. The molecule has 0 spiro atoms. The summed E-state index contributed by atoms with van der Waals surface area (Å²) in [6.45, 7) is 7.70. The Morgan fingerprint density at radius 1 is 0.902 bits per heavy atom. The molecule has 0 radical (unpaired) electrons. The largest absolute Gasteiger partial charge is 0.493 e. The molecule has 5 rings (SSSR count). The fourth-order valence-electron chi connectivity index (χ4n) is 5.11. The van der Waals surface area contributed by atoms with E-state index in [2.05, 4.69) is 4.99 Å². The number of aryl methyl sites for hydroxylation is 3. The Balaban J connectivity index is 1.10. The van der Waals surface area contributed by atoms with Gasteiger partial charge < -0.3 is 19.1 Å². The van der Waals surface area contributed by atoms with Crippen LogP contribution in [0.1, 0.15) is 59.2 Å². The summed E-state index contributed by atoms with van der Waals surface area (Å²) in [7, 11) is 0. The SMILES string of the molecule is Cc1ccc(Oc2cc(OCCCCCOc3cc4c(cc3C)C(=O)N3CCC[C@H]3C=N4)ccc2[N+](=O)[O-])cc1C. The Labute approximate surface area is 239 Å². The molecule has 0 unspecified atom stereocenters. The van der Waals surface area contributed by atoms with Crippen LogP contribution >= 0.6 is 0 Å². The number of ether oxygens (including phenoxy) is 3. The van der Waals surface area contributed by atoms with E-state index in [1.807, 2.05) is 56.2 Å². The van der Waals surface area contributed by atoms with Crippen molar-refractivity contribution in [2.75, 3.05) is 19.8 Å². The summed E-state index contributed by atoms with van der Waals surface area (Å²) >= 11 is 0. The highest BCUT2D eigenvalue weighted by Crippen LogP contribution is 2.36. The standard InChI is InChI=1S/C32H35N3O6/c1-21-9-10-26(16-22(21)2)41-31-18-25(11-12-29(31)35(37)38)39-14-5-4-6-15-40-30-19-28-27(17-23(30)3)32(36)34-13-7-8-24(34)20-33-28/h9-12,16-20,24H,4-8,13-15H2,1-3H3/t24-/m0/s1. The molecule has 214 valence electrons. The van der Waals surface area contributed by atoms with Gasteiger partial charge in [-0.1, -0.05) is 6.07 Å². The van der Waals surface area contributed by atoms with Crippen molar-refractivity contribution in [2.24, 2.45) is 4.99 Å². The molecule has 0 saturated carbocycles. The van der Waals surface area contributed by atoms with E-state index in [1.54, 1.807) is 18.2 Å². The molecule has 2 aliphatic heterocycles. The number of amides is 1. The maximum absolute atomic E-state index is 13.0. The predicted octanol–water partition coefficient (Wildman–Crippen LogP) is 7.26. The smallest absolute Gasteiger partial charge is 0.311 e. The number of benzene rings is 3. The Morgan fingerprint density at radius 3 is 2.46 bits per heavy atom. The lowest BCUT2D eigenvalue weighted by atomic mass is 10.1. The third-order valence-corrected chi connectivity index (χ3v) is 7.62. The van der Waals surface area contributed by atoms with Crippen LogP contribution in [-0.4, -0.2) is 47.7 Å². The number of hydrogen-bond donors (Lipinski definition) is 0. The van der Waals surface area contributed by atoms with Crippen LogP contribution in [0.4, 0.5) is 11.4 Å². The van der Waals surface area contributed by atoms with Crippen LogP contribution < -0.4 is 14.2 Å².